The highest BCUT2D eigenvalue weighted by atomic mass is 19.1. The van der Waals surface area contributed by atoms with E-state index in [0.29, 0.717) is 25.2 Å². The number of hydrogen-bond acceptors (Lipinski definition) is 3. The van der Waals surface area contributed by atoms with Crippen molar-refractivity contribution in [2.45, 2.75) is 6.42 Å². The number of amides is 1. The third kappa shape index (κ3) is 1.86. The Bertz CT molecular complexity index is 422. The summed E-state index contributed by atoms with van der Waals surface area (Å²) in [5, 5.41) is 0. The zero-order valence-corrected chi connectivity index (χ0v) is 8.82. The minimum atomic E-state index is -0.400. The first-order valence-electron chi connectivity index (χ1n) is 5.17. The molecule has 1 amide bonds. The molecule has 1 fully saturated rings. The van der Waals surface area contributed by atoms with Gasteiger partial charge in [-0.3, -0.25) is 4.79 Å². The number of carbonyl (C=O) groups is 1. The number of hydrogen-bond donors (Lipinski definition) is 2. The van der Waals surface area contributed by atoms with Gasteiger partial charge in [-0.05, 0) is 30.7 Å². The molecule has 0 radical (unpaired) electrons. The second kappa shape index (κ2) is 4.09. The summed E-state index contributed by atoms with van der Waals surface area (Å²) in [5.74, 6) is -0.242. The van der Waals surface area contributed by atoms with Crippen molar-refractivity contribution in [2.75, 3.05) is 23.7 Å². The highest BCUT2D eigenvalue weighted by molar-refractivity contribution is 5.98. The van der Waals surface area contributed by atoms with Crippen molar-refractivity contribution in [3.8, 4) is 0 Å². The van der Waals surface area contributed by atoms with Gasteiger partial charge in [-0.15, -0.1) is 0 Å². The van der Waals surface area contributed by atoms with Crippen LogP contribution in [0.3, 0.4) is 0 Å². The van der Waals surface area contributed by atoms with Crippen molar-refractivity contribution in [1.82, 2.24) is 0 Å². The van der Waals surface area contributed by atoms with Gasteiger partial charge >= 0.3 is 0 Å². The van der Waals surface area contributed by atoms with Crippen molar-refractivity contribution in [1.29, 1.82) is 0 Å². The lowest BCUT2D eigenvalue weighted by Gasteiger charge is -2.18. The molecule has 1 unspecified atom stereocenters. The van der Waals surface area contributed by atoms with E-state index in [0.717, 1.165) is 0 Å². The van der Waals surface area contributed by atoms with E-state index in [-0.39, 0.29) is 17.5 Å². The molecule has 0 bridgehead atoms. The van der Waals surface area contributed by atoms with Gasteiger partial charge in [0.25, 0.3) is 0 Å². The Hall–Kier alpha value is -1.62. The quantitative estimate of drug-likeness (QED) is 0.725. The van der Waals surface area contributed by atoms with E-state index >= 15 is 0 Å². The van der Waals surface area contributed by atoms with E-state index in [2.05, 4.69) is 0 Å². The Morgan fingerprint density at radius 3 is 2.81 bits per heavy atom. The molecule has 1 aliphatic rings. The molecule has 2 rings (SSSR count). The van der Waals surface area contributed by atoms with E-state index in [9.17, 15) is 9.18 Å². The van der Waals surface area contributed by atoms with Crippen molar-refractivity contribution < 1.29 is 9.18 Å². The molecular weight excluding hydrogens is 209 g/mol. The molecule has 0 aliphatic carbocycles. The van der Waals surface area contributed by atoms with E-state index < -0.39 is 5.82 Å². The number of carbonyl (C=O) groups excluding carboxylic acids is 1. The molecule has 1 aromatic carbocycles. The van der Waals surface area contributed by atoms with Crippen molar-refractivity contribution in [2.24, 2.45) is 11.7 Å². The molecule has 86 valence electrons. The maximum absolute atomic E-state index is 12.9. The van der Waals surface area contributed by atoms with Crippen molar-refractivity contribution in [3.05, 3.63) is 24.0 Å². The third-order valence-corrected chi connectivity index (χ3v) is 2.82. The molecule has 16 heavy (non-hydrogen) atoms. The van der Waals surface area contributed by atoms with Crippen LogP contribution in [0, 0.1) is 11.7 Å². The van der Waals surface area contributed by atoms with Gasteiger partial charge < -0.3 is 16.4 Å². The average molecular weight is 223 g/mol. The van der Waals surface area contributed by atoms with E-state index in [1.165, 1.54) is 18.2 Å². The van der Waals surface area contributed by atoms with Gasteiger partial charge in [0, 0.05) is 13.0 Å². The zero-order chi connectivity index (χ0) is 11.7. The first-order valence-corrected chi connectivity index (χ1v) is 5.17. The maximum atomic E-state index is 12.9. The molecule has 1 aromatic rings. The fourth-order valence-corrected chi connectivity index (χ4v) is 1.94. The Balaban J connectivity index is 2.28. The number of benzene rings is 1. The van der Waals surface area contributed by atoms with Gasteiger partial charge in [0.15, 0.2) is 0 Å². The summed E-state index contributed by atoms with van der Waals surface area (Å²) in [5.41, 5.74) is 12.1. The highest BCUT2D eigenvalue weighted by Crippen LogP contribution is 2.29. The van der Waals surface area contributed by atoms with Gasteiger partial charge in [-0.1, -0.05) is 0 Å². The zero-order valence-electron chi connectivity index (χ0n) is 8.82. The van der Waals surface area contributed by atoms with E-state index in [1.54, 1.807) is 4.90 Å². The first kappa shape index (κ1) is 10.9. The molecule has 0 saturated carbocycles. The van der Waals surface area contributed by atoms with Crippen LogP contribution in [0.1, 0.15) is 6.42 Å². The summed E-state index contributed by atoms with van der Waals surface area (Å²) >= 11 is 0. The van der Waals surface area contributed by atoms with Crippen molar-refractivity contribution in [3.63, 3.8) is 0 Å². The summed E-state index contributed by atoms with van der Waals surface area (Å²) in [6.07, 6.45) is 0.438. The Morgan fingerprint density at radius 1 is 1.50 bits per heavy atom. The summed E-state index contributed by atoms with van der Waals surface area (Å²) in [6.45, 7) is 1.04. The smallest absolute Gasteiger partial charge is 0.227 e. The van der Waals surface area contributed by atoms with Crippen LogP contribution < -0.4 is 16.4 Å². The van der Waals surface area contributed by atoms with Crippen LogP contribution >= 0.6 is 0 Å². The monoisotopic (exact) mass is 223 g/mol. The first-order chi connectivity index (χ1) is 7.61. The Morgan fingerprint density at radius 2 is 2.25 bits per heavy atom. The van der Waals surface area contributed by atoms with Crippen LogP contribution in [0.5, 0.6) is 0 Å². The third-order valence-electron chi connectivity index (χ3n) is 2.82. The van der Waals surface area contributed by atoms with Crippen LogP contribution in [-0.2, 0) is 4.79 Å². The van der Waals surface area contributed by atoms with Gasteiger partial charge in [-0.25, -0.2) is 4.39 Å². The van der Waals surface area contributed by atoms with Crippen molar-refractivity contribution >= 4 is 17.3 Å². The Kier molecular flexibility index (Phi) is 2.78. The number of anilines is 2. The molecular formula is C11H14FN3O. The lowest BCUT2D eigenvalue weighted by atomic mass is 10.1. The summed E-state index contributed by atoms with van der Waals surface area (Å²) in [6, 6.07) is 4.05. The molecule has 4 N–H and O–H groups in total. The molecule has 0 aromatic heterocycles. The predicted octanol–water partition coefficient (Wildman–Crippen LogP) is 0.719. The number of nitrogens with zero attached hydrogens (tertiary/aromatic N) is 1. The maximum Gasteiger partial charge on any atom is 0.227 e. The normalized spacial score (nSPS) is 20.5. The minimum Gasteiger partial charge on any atom is -0.397 e. The standard InChI is InChI=1S/C11H14FN3O/c12-8-1-2-10(9(14)4-8)15-6-7(5-13)3-11(15)16/h1-2,4,7H,3,5-6,13-14H2. The lowest BCUT2D eigenvalue weighted by molar-refractivity contribution is -0.117. The van der Waals surface area contributed by atoms with E-state index in [1.807, 2.05) is 0 Å². The number of halogens is 1. The van der Waals surface area contributed by atoms with Gasteiger partial charge in [0.1, 0.15) is 5.82 Å². The van der Waals surface area contributed by atoms with Gasteiger partial charge in [-0.2, -0.15) is 0 Å². The summed E-state index contributed by atoms with van der Waals surface area (Å²) in [4.78, 5) is 13.3. The van der Waals surface area contributed by atoms with Crippen LogP contribution in [0.25, 0.3) is 0 Å². The van der Waals surface area contributed by atoms with Crippen LogP contribution in [0.2, 0.25) is 0 Å². The highest BCUT2D eigenvalue weighted by Gasteiger charge is 2.30. The molecule has 1 saturated heterocycles. The number of rotatable bonds is 2. The Labute approximate surface area is 93.0 Å². The lowest BCUT2D eigenvalue weighted by Crippen LogP contribution is -2.26. The topological polar surface area (TPSA) is 72.4 Å². The van der Waals surface area contributed by atoms with Gasteiger partial charge in [0.2, 0.25) is 5.91 Å². The second-order valence-electron chi connectivity index (χ2n) is 4.01. The number of nitrogens with two attached hydrogens (primary N) is 2. The van der Waals surface area contributed by atoms with Gasteiger partial charge in [0.05, 0.1) is 11.4 Å². The van der Waals surface area contributed by atoms with E-state index in [4.69, 9.17) is 11.5 Å². The molecule has 4 nitrogen and oxygen atoms in total. The van der Waals surface area contributed by atoms with Crippen LogP contribution in [0.4, 0.5) is 15.8 Å². The van der Waals surface area contributed by atoms with Crippen LogP contribution in [0.15, 0.2) is 18.2 Å². The summed E-state index contributed by atoms with van der Waals surface area (Å²) in [7, 11) is 0. The SMILES string of the molecule is NCC1CC(=O)N(c2ccc(F)cc2N)C1. The fraction of sp³-hybridized carbons (Fsp3) is 0.364. The minimum absolute atomic E-state index is 0.00578. The molecule has 0 spiro atoms. The predicted molar refractivity (Wildman–Crippen MR) is 60.3 cm³/mol. The molecule has 5 heteroatoms. The largest absolute Gasteiger partial charge is 0.397 e. The average Bonchev–Trinajstić information content (AvgIpc) is 2.60. The second-order valence-corrected chi connectivity index (χ2v) is 4.01. The summed E-state index contributed by atoms with van der Waals surface area (Å²) < 4.78 is 12.9. The molecule has 1 atom stereocenters. The number of nitrogen functional groups attached to an aromatic ring is 1. The molecule has 1 aliphatic heterocycles. The fourth-order valence-electron chi connectivity index (χ4n) is 1.94. The molecule has 1 heterocycles. The van der Waals surface area contributed by atoms with Crippen LogP contribution in [-0.4, -0.2) is 19.0 Å².